The molecule has 0 saturated carbocycles. The van der Waals surface area contributed by atoms with Gasteiger partial charge in [0.05, 0.1) is 0 Å². The standard InChI is InChI=1S/C16H18O/c1-3-13(11-12(2)17)15-10-6-8-14-7-4-5-9-16(14)15/h4-10,13H,3,11H2,1-2H3. The molecular formula is C16H18O. The van der Waals surface area contributed by atoms with Crippen LogP contribution in [0.4, 0.5) is 0 Å². The Labute approximate surface area is 102 Å². The monoisotopic (exact) mass is 226 g/mol. The molecule has 2 aromatic carbocycles. The topological polar surface area (TPSA) is 17.1 Å². The number of hydrogen-bond acceptors (Lipinski definition) is 1. The molecule has 0 bridgehead atoms. The molecule has 0 aromatic heterocycles. The van der Waals surface area contributed by atoms with E-state index in [1.165, 1.54) is 16.3 Å². The number of Topliss-reactive ketones (excluding diaryl/α,β-unsaturated/α-hetero) is 1. The van der Waals surface area contributed by atoms with E-state index in [4.69, 9.17) is 0 Å². The summed E-state index contributed by atoms with van der Waals surface area (Å²) in [7, 11) is 0. The highest BCUT2D eigenvalue weighted by Crippen LogP contribution is 2.30. The zero-order valence-corrected chi connectivity index (χ0v) is 10.4. The lowest BCUT2D eigenvalue weighted by Gasteiger charge is -2.16. The zero-order valence-electron chi connectivity index (χ0n) is 10.4. The van der Waals surface area contributed by atoms with Gasteiger partial charge in [0.1, 0.15) is 5.78 Å². The quantitative estimate of drug-likeness (QED) is 0.759. The smallest absolute Gasteiger partial charge is 0.130 e. The van der Waals surface area contributed by atoms with Crippen LogP contribution in [0.3, 0.4) is 0 Å². The lowest BCUT2D eigenvalue weighted by Crippen LogP contribution is -2.03. The first-order valence-electron chi connectivity index (χ1n) is 6.19. The van der Waals surface area contributed by atoms with Gasteiger partial charge in [-0.2, -0.15) is 0 Å². The second-order valence-electron chi connectivity index (χ2n) is 4.58. The van der Waals surface area contributed by atoms with Gasteiger partial charge in [-0.15, -0.1) is 0 Å². The minimum absolute atomic E-state index is 0.268. The summed E-state index contributed by atoms with van der Waals surface area (Å²) in [6.07, 6.45) is 1.65. The van der Waals surface area contributed by atoms with Crippen LogP contribution in [0.1, 0.15) is 38.2 Å². The Bertz CT molecular complexity index is 523. The molecular weight excluding hydrogens is 208 g/mol. The van der Waals surface area contributed by atoms with E-state index < -0.39 is 0 Å². The summed E-state index contributed by atoms with van der Waals surface area (Å²) in [5, 5.41) is 2.54. The first-order chi connectivity index (χ1) is 8.22. The van der Waals surface area contributed by atoms with Gasteiger partial charge in [-0.05, 0) is 35.6 Å². The zero-order chi connectivity index (χ0) is 12.3. The number of hydrogen-bond donors (Lipinski definition) is 0. The summed E-state index contributed by atoms with van der Waals surface area (Å²) in [5.41, 5.74) is 1.31. The predicted octanol–water partition coefficient (Wildman–Crippen LogP) is 4.31. The van der Waals surface area contributed by atoms with Gasteiger partial charge in [0.2, 0.25) is 0 Å². The van der Waals surface area contributed by atoms with Crippen LogP contribution in [0.15, 0.2) is 42.5 Å². The van der Waals surface area contributed by atoms with Gasteiger partial charge in [-0.25, -0.2) is 0 Å². The second kappa shape index (κ2) is 5.13. The maximum Gasteiger partial charge on any atom is 0.130 e. The van der Waals surface area contributed by atoms with E-state index in [-0.39, 0.29) is 5.78 Å². The van der Waals surface area contributed by atoms with Crippen molar-refractivity contribution in [3.8, 4) is 0 Å². The fraction of sp³-hybridized carbons (Fsp3) is 0.312. The highest BCUT2D eigenvalue weighted by molar-refractivity contribution is 5.87. The number of ketones is 1. The third kappa shape index (κ3) is 2.55. The molecule has 88 valence electrons. The summed E-state index contributed by atoms with van der Waals surface area (Å²) in [6.45, 7) is 3.82. The predicted molar refractivity (Wildman–Crippen MR) is 72.3 cm³/mol. The molecule has 0 spiro atoms. The van der Waals surface area contributed by atoms with Crippen LogP contribution in [0.5, 0.6) is 0 Å². The van der Waals surface area contributed by atoms with Crippen molar-refractivity contribution in [3.05, 3.63) is 48.0 Å². The summed E-state index contributed by atoms with van der Waals surface area (Å²) >= 11 is 0. The van der Waals surface area contributed by atoms with Crippen LogP contribution < -0.4 is 0 Å². The number of fused-ring (bicyclic) bond motifs is 1. The lowest BCUT2D eigenvalue weighted by atomic mass is 9.88. The summed E-state index contributed by atoms with van der Waals surface area (Å²) in [4.78, 5) is 11.3. The van der Waals surface area contributed by atoms with E-state index in [0.717, 1.165) is 6.42 Å². The Morgan fingerprint density at radius 3 is 2.53 bits per heavy atom. The first-order valence-corrected chi connectivity index (χ1v) is 6.19. The summed E-state index contributed by atoms with van der Waals surface area (Å²) < 4.78 is 0. The van der Waals surface area contributed by atoms with Crippen LogP contribution in [0, 0.1) is 0 Å². The van der Waals surface area contributed by atoms with Gasteiger partial charge in [0, 0.05) is 6.42 Å². The molecule has 0 radical (unpaired) electrons. The highest BCUT2D eigenvalue weighted by atomic mass is 16.1. The molecule has 0 aliphatic rings. The Kier molecular flexibility index (Phi) is 3.58. The van der Waals surface area contributed by atoms with E-state index in [1.54, 1.807) is 6.92 Å². The average molecular weight is 226 g/mol. The molecule has 0 saturated heterocycles. The molecule has 0 amide bonds. The molecule has 1 atom stereocenters. The first kappa shape index (κ1) is 11.8. The molecule has 2 rings (SSSR count). The summed E-state index contributed by atoms with van der Waals surface area (Å²) in [6, 6.07) is 14.7. The number of carbonyl (C=O) groups excluding carboxylic acids is 1. The summed E-state index contributed by atoms with van der Waals surface area (Å²) in [5.74, 6) is 0.614. The van der Waals surface area contributed by atoms with Crippen LogP contribution in [-0.2, 0) is 4.79 Å². The Morgan fingerprint density at radius 1 is 1.12 bits per heavy atom. The molecule has 17 heavy (non-hydrogen) atoms. The molecule has 0 aliphatic heterocycles. The third-order valence-electron chi connectivity index (χ3n) is 3.29. The van der Waals surface area contributed by atoms with Gasteiger partial charge in [0.25, 0.3) is 0 Å². The number of rotatable bonds is 4. The van der Waals surface area contributed by atoms with Gasteiger partial charge in [-0.1, -0.05) is 49.4 Å². The van der Waals surface area contributed by atoms with Gasteiger partial charge in [0.15, 0.2) is 0 Å². The molecule has 1 heteroatoms. The average Bonchev–Trinajstić information content (AvgIpc) is 2.35. The maximum atomic E-state index is 11.3. The molecule has 0 aliphatic carbocycles. The fourth-order valence-corrected chi connectivity index (χ4v) is 2.43. The van der Waals surface area contributed by atoms with Crippen LogP contribution >= 0.6 is 0 Å². The second-order valence-corrected chi connectivity index (χ2v) is 4.58. The van der Waals surface area contributed by atoms with E-state index >= 15 is 0 Å². The van der Waals surface area contributed by atoms with Crippen molar-refractivity contribution in [2.75, 3.05) is 0 Å². The van der Waals surface area contributed by atoms with Crippen molar-refractivity contribution in [2.24, 2.45) is 0 Å². The van der Waals surface area contributed by atoms with Crippen LogP contribution in [-0.4, -0.2) is 5.78 Å². The van der Waals surface area contributed by atoms with E-state index in [9.17, 15) is 4.79 Å². The van der Waals surface area contributed by atoms with Crippen molar-refractivity contribution in [1.82, 2.24) is 0 Å². The van der Waals surface area contributed by atoms with Gasteiger partial charge < -0.3 is 4.79 Å². The van der Waals surface area contributed by atoms with Crippen LogP contribution in [0.25, 0.3) is 10.8 Å². The molecule has 0 N–H and O–H groups in total. The van der Waals surface area contributed by atoms with Crippen molar-refractivity contribution in [3.63, 3.8) is 0 Å². The third-order valence-corrected chi connectivity index (χ3v) is 3.29. The SMILES string of the molecule is CCC(CC(C)=O)c1cccc2ccccc12. The van der Waals surface area contributed by atoms with E-state index in [1.807, 2.05) is 0 Å². The Morgan fingerprint density at radius 2 is 1.82 bits per heavy atom. The minimum Gasteiger partial charge on any atom is -0.300 e. The normalized spacial score (nSPS) is 12.6. The fourth-order valence-electron chi connectivity index (χ4n) is 2.43. The van der Waals surface area contributed by atoms with Crippen LogP contribution in [0.2, 0.25) is 0 Å². The van der Waals surface area contributed by atoms with Crippen molar-refractivity contribution < 1.29 is 4.79 Å². The highest BCUT2D eigenvalue weighted by Gasteiger charge is 2.14. The largest absolute Gasteiger partial charge is 0.300 e. The van der Waals surface area contributed by atoms with E-state index in [2.05, 4.69) is 49.4 Å². The van der Waals surface area contributed by atoms with E-state index in [0.29, 0.717) is 12.3 Å². The molecule has 0 fully saturated rings. The molecule has 0 heterocycles. The number of benzene rings is 2. The maximum absolute atomic E-state index is 11.3. The minimum atomic E-state index is 0.268. The van der Waals surface area contributed by atoms with Crippen molar-refractivity contribution in [1.29, 1.82) is 0 Å². The van der Waals surface area contributed by atoms with Crippen molar-refractivity contribution >= 4 is 16.6 Å². The number of carbonyl (C=O) groups is 1. The molecule has 1 unspecified atom stereocenters. The van der Waals surface area contributed by atoms with Gasteiger partial charge in [-0.3, -0.25) is 0 Å². The van der Waals surface area contributed by atoms with Crippen molar-refractivity contribution in [2.45, 2.75) is 32.6 Å². The lowest BCUT2D eigenvalue weighted by molar-refractivity contribution is -0.117. The molecule has 1 nitrogen and oxygen atoms in total. The Balaban J connectivity index is 2.49. The molecule has 2 aromatic rings. The Hall–Kier alpha value is -1.63. The van der Waals surface area contributed by atoms with Gasteiger partial charge >= 0.3 is 0 Å².